The van der Waals surface area contributed by atoms with Crippen LogP contribution in [-0.4, -0.2) is 18.9 Å². The Morgan fingerprint density at radius 2 is 1.20 bits per heavy atom. The summed E-state index contributed by atoms with van der Waals surface area (Å²) in [6.07, 6.45) is 17.2. The highest BCUT2D eigenvalue weighted by Crippen LogP contribution is 2.39. The Kier molecular flexibility index (Phi) is 12.2. The van der Waals surface area contributed by atoms with Crippen molar-refractivity contribution in [2.75, 3.05) is 6.61 Å². The van der Waals surface area contributed by atoms with Gasteiger partial charge in [-0.3, -0.25) is 0 Å². The van der Waals surface area contributed by atoms with E-state index in [4.69, 9.17) is 4.74 Å². The molecule has 2 saturated carbocycles. The molecule has 1 aromatic rings. The summed E-state index contributed by atoms with van der Waals surface area (Å²) in [6.45, 7) is 3.19. The maximum Gasteiger partial charge on any atom is 0.409 e. The Bertz CT molecular complexity index is 708. The number of ether oxygens (including phenoxy) is 1. The van der Waals surface area contributed by atoms with E-state index in [2.05, 4.69) is 31.2 Å². The maximum atomic E-state index is 12.4. The number of halogens is 3. The van der Waals surface area contributed by atoms with Crippen LogP contribution in [0.1, 0.15) is 133 Å². The van der Waals surface area contributed by atoms with E-state index in [1.54, 1.807) is 0 Å². The maximum absolute atomic E-state index is 12.4. The van der Waals surface area contributed by atoms with Gasteiger partial charge in [-0.2, -0.15) is 13.2 Å². The van der Waals surface area contributed by atoms with Crippen molar-refractivity contribution in [1.82, 2.24) is 0 Å². The van der Waals surface area contributed by atoms with Crippen molar-refractivity contribution in [3.8, 4) is 0 Å². The van der Waals surface area contributed by atoms with E-state index in [1.165, 1.54) is 94.3 Å². The second-order valence-electron chi connectivity index (χ2n) is 11.0. The summed E-state index contributed by atoms with van der Waals surface area (Å²) in [7, 11) is 0. The first-order valence-corrected chi connectivity index (χ1v) is 14.4. The third-order valence-corrected chi connectivity index (χ3v) is 8.23. The first kappa shape index (κ1) is 28.3. The largest absolute Gasteiger partial charge is 0.409 e. The van der Waals surface area contributed by atoms with E-state index in [0.717, 1.165) is 32.3 Å². The lowest BCUT2D eigenvalue weighted by Crippen LogP contribution is -2.21. The average Bonchev–Trinajstić information content (AvgIpc) is 2.87. The van der Waals surface area contributed by atoms with E-state index in [-0.39, 0.29) is 5.92 Å². The Hall–Kier alpha value is -1.29. The zero-order valence-corrected chi connectivity index (χ0v) is 21.8. The lowest BCUT2D eigenvalue weighted by atomic mass is 9.77. The minimum absolute atomic E-state index is 0.0695. The Morgan fingerprint density at radius 1 is 0.714 bits per heavy atom. The number of alkyl halides is 3. The smallest absolute Gasteiger partial charge is 0.378 e. The molecule has 0 heterocycles. The van der Waals surface area contributed by atoms with Crippen molar-refractivity contribution in [2.24, 2.45) is 5.92 Å². The van der Waals surface area contributed by atoms with Crippen LogP contribution in [0.4, 0.5) is 13.2 Å². The average molecular weight is 493 g/mol. The molecular formula is C31H47F3O. The fourth-order valence-electron chi connectivity index (χ4n) is 5.98. The molecule has 0 spiro atoms. The summed E-state index contributed by atoms with van der Waals surface area (Å²) < 4.78 is 43.4. The van der Waals surface area contributed by atoms with Crippen LogP contribution in [0.25, 0.3) is 0 Å². The molecule has 1 nitrogen and oxygen atoms in total. The number of benzene rings is 1. The first-order valence-electron chi connectivity index (χ1n) is 14.4. The molecule has 0 aromatic heterocycles. The molecule has 0 bridgehead atoms. The minimum Gasteiger partial charge on any atom is -0.378 e. The SMILES string of the molecule is CCCCCCCCCCOC1CCC(c2ccc(C3CCC(/C=C/C(F)(F)F)CC3)cc2)CC1. The summed E-state index contributed by atoms with van der Waals surface area (Å²) in [5.74, 6) is 1.19. The number of rotatable bonds is 13. The van der Waals surface area contributed by atoms with Gasteiger partial charge in [-0.15, -0.1) is 0 Å². The fraction of sp³-hybridized carbons (Fsp3) is 0.742. The number of hydrogen-bond donors (Lipinski definition) is 0. The normalized spacial score (nSPS) is 25.8. The fourth-order valence-corrected chi connectivity index (χ4v) is 5.98. The van der Waals surface area contributed by atoms with Gasteiger partial charge in [-0.25, -0.2) is 0 Å². The highest BCUT2D eigenvalue weighted by atomic mass is 19.4. The molecule has 2 aliphatic rings. The zero-order valence-electron chi connectivity index (χ0n) is 21.8. The van der Waals surface area contributed by atoms with E-state index in [1.807, 2.05) is 0 Å². The van der Waals surface area contributed by atoms with Gasteiger partial charge < -0.3 is 4.74 Å². The second kappa shape index (κ2) is 15.1. The molecule has 0 unspecified atom stereocenters. The Morgan fingerprint density at radius 3 is 1.71 bits per heavy atom. The highest BCUT2D eigenvalue weighted by molar-refractivity contribution is 5.28. The van der Waals surface area contributed by atoms with Crippen LogP contribution in [0.15, 0.2) is 36.4 Å². The van der Waals surface area contributed by atoms with Gasteiger partial charge in [0.1, 0.15) is 0 Å². The molecule has 2 aliphatic carbocycles. The molecule has 0 radical (unpaired) electrons. The summed E-state index contributed by atoms with van der Waals surface area (Å²) in [5.41, 5.74) is 2.80. The van der Waals surface area contributed by atoms with Crippen LogP contribution < -0.4 is 0 Å². The molecule has 0 saturated heterocycles. The molecule has 0 aliphatic heterocycles. The molecule has 198 valence electrons. The molecule has 4 heteroatoms. The monoisotopic (exact) mass is 492 g/mol. The molecule has 0 amide bonds. The quantitative estimate of drug-likeness (QED) is 0.197. The van der Waals surface area contributed by atoms with Gasteiger partial charge in [0.15, 0.2) is 0 Å². The Balaban J connectivity index is 1.29. The van der Waals surface area contributed by atoms with Gasteiger partial charge in [-0.1, -0.05) is 82.2 Å². The summed E-state index contributed by atoms with van der Waals surface area (Å²) in [6, 6.07) is 9.15. The van der Waals surface area contributed by atoms with Crippen LogP contribution >= 0.6 is 0 Å². The number of allylic oxidation sites excluding steroid dienone is 2. The van der Waals surface area contributed by atoms with Gasteiger partial charge in [0, 0.05) is 12.7 Å². The Labute approximate surface area is 211 Å². The molecule has 0 atom stereocenters. The van der Waals surface area contributed by atoms with E-state index in [9.17, 15) is 13.2 Å². The van der Waals surface area contributed by atoms with Crippen molar-refractivity contribution in [2.45, 2.75) is 134 Å². The van der Waals surface area contributed by atoms with Gasteiger partial charge in [0.05, 0.1) is 6.10 Å². The summed E-state index contributed by atoms with van der Waals surface area (Å²) in [5, 5.41) is 0. The van der Waals surface area contributed by atoms with Crippen molar-refractivity contribution in [3.63, 3.8) is 0 Å². The standard InChI is InChI=1S/C31H47F3O/c1-2-3-4-5-6-7-8-9-24-35-30-20-18-29(19-21-30)28-16-14-27(15-17-28)26-12-10-25(11-13-26)22-23-31(32,33)34/h14-17,22-23,25-26,29-30H,2-13,18-21,24H2,1H3/b23-22+. The zero-order chi connectivity index (χ0) is 24.9. The molecular weight excluding hydrogens is 445 g/mol. The molecule has 0 N–H and O–H groups in total. The van der Waals surface area contributed by atoms with Gasteiger partial charge in [0.25, 0.3) is 0 Å². The van der Waals surface area contributed by atoms with Gasteiger partial charge in [0.2, 0.25) is 0 Å². The predicted octanol–water partition coefficient (Wildman–Crippen LogP) is 10.3. The lowest BCUT2D eigenvalue weighted by molar-refractivity contribution is -0.0803. The van der Waals surface area contributed by atoms with Crippen LogP contribution in [-0.2, 0) is 4.74 Å². The van der Waals surface area contributed by atoms with E-state index >= 15 is 0 Å². The molecule has 3 rings (SSSR count). The summed E-state index contributed by atoms with van der Waals surface area (Å²) >= 11 is 0. The van der Waals surface area contributed by atoms with Crippen LogP contribution in [0.5, 0.6) is 0 Å². The van der Waals surface area contributed by atoms with Crippen molar-refractivity contribution in [1.29, 1.82) is 0 Å². The third-order valence-electron chi connectivity index (χ3n) is 8.23. The van der Waals surface area contributed by atoms with Crippen LogP contribution in [0.2, 0.25) is 0 Å². The predicted molar refractivity (Wildman–Crippen MR) is 140 cm³/mol. The van der Waals surface area contributed by atoms with Crippen molar-refractivity contribution in [3.05, 3.63) is 47.5 Å². The highest BCUT2D eigenvalue weighted by Gasteiger charge is 2.26. The molecule has 2 fully saturated rings. The van der Waals surface area contributed by atoms with Crippen molar-refractivity contribution >= 4 is 0 Å². The first-order chi connectivity index (χ1) is 16.9. The lowest BCUT2D eigenvalue weighted by Gasteiger charge is -2.30. The summed E-state index contributed by atoms with van der Waals surface area (Å²) in [4.78, 5) is 0. The van der Waals surface area contributed by atoms with Crippen LogP contribution in [0, 0.1) is 5.92 Å². The van der Waals surface area contributed by atoms with E-state index in [0.29, 0.717) is 24.0 Å². The topological polar surface area (TPSA) is 9.23 Å². The van der Waals surface area contributed by atoms with Gasteiger partial charge >= 0.3 is 6.18 Å². The third kappa shape index (κ3) is 10.7. The minimum atomic E-state index is -4.19. The second-order valence-corrected chi connectivity index (χ2v) is 11.0. The molecule has 35 heavy (non-hydrogen) atoms. The molecule has 1 aromatic carbocycles. The van der Waals surface area contributed by atoms with Crippen LogP contribution in [0.3, 0.4) is 0 Å². The number of unbranched alkanes of at least 4 members (excludes halogenated alkanes) is 7. The number of hydrogen-bond acceptors (Lipinski definition) is 1. The van der Waals surface area contributed by atoms with Crippen molar-refractivity contribution < 1.29 is 17.9 Å². The van der Waals surface area contributed by atoms with E-state index < -0.39 is 6.18 Å². The van der Waals surface area contributed by atoms with Gasteiger partial charge in [-0.05, 0) is 86.7 Å².